The van der Waals surface area contributed by atoms with Crippen LogP contribution in [0.4, 0.5) is 0 Å². The van der Waals surface area contributed by atoms with E-state index < -0.39 is 5.54 Å². The molecule has 0 radical (unpaired) electrons. The number of pyridine rings is 1. The number of aryl methyl sites for hydroxylation is 1. The smallest absolute Gasteiger partial charge is 0.265 e. The van der Waals surface area contributed by atoms with E-state index in [4.69, 9.17) is 5.10 Å². The Morgan fingerprint density at radius 1 is 0.700 bits per heavy atom. The second-order valence-electron chi connectivity index (χ2n) is 7.37. The first-order valence-electron chi connectivity index (χ1n) is 9.97. The number of rotatable bonds is 4. The number of fused-ring (bicyclic) bond motifs is 1. The molecule has 0 aliphatic heterocycles. The fourth-order valence-corrected chi connectivity index (χ4v) is 4.41. The number of hydrogen-bond acceptors (Lipinski definition) is 2. The lowest BCUT2D eigenvalue weighted by Gasteiger charge is -2.36. The van der Waals surface area contributed by atoms with Crippen LogP contribution in [0.1, 0.15) is 22.4 Å². The molecule has 5 rings (SSSR count). The fourth-order valence-electron chi connectivity index (χ4n) is 4.41. The summed E-state index contributed by atoms with van der Waals surface area (Å²) >= 11 is 0. The molecule has 0 fully saturated rings. The number of hydrogen-bond donors (Lipinski definition) is 0. The minimum atomic E-state index is -0.732. The normalized spacial score (nSPS) is 11.6. The first kappa shape index (κ1) is 18.1. The van der Waals surface area contributed by atoms with E-state index in [-0.39, 0.29) is 0 Å². The summed E-state index contributed by atoms with van der Waals surface area (Å²) in [4.78, 5) is 0. The van der Waals surface area contributed by atoms with Gasteiger partial charge in [0.15, 0.2) is 6.20 Å². The predicted molar refractivity (Wildman–Crippen MR) is 118 cm³/mol. The average molecular weight is 391 g/mol. The van der Waals surface area contributed by atoms with Gasteiger partial charge < -0.3 is 5.21 Å². The van der Waals surface area contributed by atoms with Crippen LogP contribution in [0, 0.1) is 12.1 Å². The molecule has 0 atom stereocenters. The van der Waals surface area contributed by atoms with Gasteiger partial charge in [-0.3, -0.25) is 0 Å². The zero-order valence-corrected chi connectivity index (χ0v) is 16.6. The summed E-state index contributed by atoms with van der Waals surface area (Å²) in [5, 5.41) is 17.6. The molecule has 0 N–H and O–H groups in total. The average Bonchev–Trinajstić information content (AvgIpc) is 3.15. The summed E-state index contributed by atoms with van der Waals surface area (Å²) in [6, 6.07) is 34.8. The highest BCUT2D eigenvalue weighted by molar-refractivity contribution is 5.76. The Bertz CT molecular complexity index is 1200. The third-order valence-electron chi connectivity index (χ3n) is 5.65. The van der Waals surface area contributed by atoms with E-state index in [2.05, 4.69) is 36.4 Å². The number of nitrogens with zero attached hydrogens (tertiary/aromatic N) is 3. The van der Waals surface area contributed by atoms with Crippen molar-refractivity contribution in [2.75, 3.05) is 0 Å². The highest BCUT2D eigenvalue weighted by Crippen LogP contribution is 2.42. The summed E-state index contributed by atoms with van der Waals surface area (Å²) in [5.74, 6) is 0. The van der Waals surface area contributed by atoms with Gasteiger partial charge in [-0.1, -0.05) is 91.0 Å². The maximum Gasteiger partial charge on any atom is 0.265 e. The lowest BCUT2D eigenvalue weighted by Crippen LogP contribution is -2.39. The lowest BCUT2D eigenvalue weighted by atomic mass is 9.77. The van der Waals surface area contributed by atoms with Gasteiger partial charge in [0.25, 0.3) is 5.52 Å². The monoisotopic (exact) mass is 391 g/mol. The molecule has 0 bridgehead atoms. The molecule has 0 aliphatic carbocycles. The molecular formula is C26H21N3O. The van der Waals surface area contributed by atoms with Crippen LogP contribution in [0.2, 0.25) is 0 Å². The van der Waals surface area contributed by atoms with Crippen molar-refractivity contribution in [3.8, 4) is 0 Å². The molecule has 0 aliphatic rings. The van der Waals surface area contributed by atoms with Crippen LogP contribution in [-0.2, 0) is 5.54 Å². The standard InChI is InChI=1S/C26H21N3O/c1-20-25-24(18-11-19-28(25)30)29(27-20)26(21-12-5-2-6-13-21,22-14-7-3-8-15-22)23-16-9-4-10-17-23/h2-19H,1H3. The largest absolute Gasteiger partial charge is 0.618 e. The van der Waals surface area contributed by atoms with Gasteiger partial charge in [-0.25, -0.2) is 4.68 Å². The van der Waals surface area contributed by atoms with Crippen molar-refractivity contribution in [3.63, 3.8) is 0 Å². The molecule has 2 heterocycles. The second kappa shape index (κ2) is 7.16. The molecule has 146 valence electrons. The highest BCUT2D eigenvalue weighted by atomic mass is 16.5. The van der Waals surface area contributed by atoms with Crippen molar-refractivity contribution in [1.82, 2.24) is 9.78 Å². The van der Waals surface area contributed by atoms with Gasteiger partial charge in [0, 0.05) is 6.07 Å². The Kier molecular flexibility index (Phi) is 4.32. The van der Waals surface area contributed by atoms with Crippen LogP contribution >= 0.6 is 0 Å². The Hall–Kier alpha value is -3.92. The molecule has 4 heteroatoms. The zero-order valence-electron chi connectivity index (χ0n) is 16.6. The number of aromatic nitrogens is 3. The van der Waals surface area contributed by atoms with E-state index in [1.54, 1.807) is 6.07 Å². The lowest BCUT2D eigenvalue weighted by molar-refractivity contribution is -0.577. The SMILES string of the molecule is Cc1nn(C(c2ccccc2)(c2ccccc2)c2ccccc2)c2ccc[n+]([O-])c12. The van der Waals surface area contributed by atoms with Gasteiger partial charge in [-0.05, 0) is 29.7 Å². The first-order chi connectivity index (χ1) is 14.7. The van der Waals surface area contributed by atoms with Gasteiger partial charge in [0.2, 0.25) is 0 Å². The van der Waals surface area contributed by atoms with Crippen molar-refractivity contribution in [2.24, 2.45) is 0 Å². The van der Waals surface area contributed by atoms with Crippen LogP contribution in [0.15, 0.2) is 109 Å². The van der Waals surface area contributed by atoms with Crippen molar-refractivity contribution in [3.05, 3.63) is 137 Å². The summed E-state index contributed by atoms with van der Waals surface area (Å²) in [6.45, 7) is 1.89. The Morgan fingerprint density at radius 3 is 1.63 bits per heavy atom. The molecule has 0 saturated carbocycles. The van der Waals surface area contributed by atoms with E-state index >= 15 is 0 Å². The summed E-state index contributed by atoms with van der Waals surface area (Å²) in [5.41, 5.74) is 4.58. The summed E-state index contributed by atoms with van der Waals surface area (Å²) in [6.07, 6.45) is 1.52. The predicted octanol–water partition coefficient (Wildman–Crippen LogP) is 4.82. The molecule has 4 nitrogen and oxygen atoms in total. The number of benzene rings is 3. The summed E-state index contributed by atoms with van der Waals surface area (Å²) in [7, 11) is 0. The van der Waals surface area contributed by atoms with Gasteiger partial charge in [0.1, 0.15) is 16.7 Å². The Morgan fingerprint density at radius 2 is 1.17 bits per heavy atom. The first-order valence-corrected chi connectivity index (χ1v) is 9.97. The van der Waals surface area contributed by atoms with E-state index in [9.17, 15) is 5.21 Å². The molecule has 2 aromatic heterocycles. The van der Waals surface area contributed by atoms with Crippen LogP contribution in [0.25, 0.3) is 11.0 Å². The fraction of sp³-hybridized carbons (Fsp3) is 0.0769. The third kappa shape index (κ3) is 2.61. The zero-order chi connectivity index (χ0) is 20.6. The Labute approximate surface area is 175 Å². The van der Waals surface area contributed by atoms with E-state index in [1.165, 1.54) is 6.20 Å². The van der Waals surface area contributed by atoms with Crippen LogP contribution in [0.3, 0.4) is 0 Å². The Balaban J connectivity index is 2.00. The van der Waals surface area contributed by atoms with Crippen molar-refractivity contribution >= 4 is 11.0 Å². The van der Waals surface area contributed by atoms with Gasteiger partial charge in [0.05, 0.1) is 0 Å². The molecule has 5 aromatic rings. The summed E-state index contributed by atoms with van der Waals surface area (Å²) < 4.78 is 2.91. The maximum atomic E-state index is 12.6. The van der Waals surface area contributed by atoms with E-state index in [0.29, 0.717) is 11.2 Å². The van der Waals surface area contributed by atoms with E-state index in [0.717, 1.165) is 26.9 Å². The van der Waals surface area contributed by atoms with Gasteiger partial charge in [-0.15, -0.1) is 0 Å². The quantitative estimate of drug-likeness (QED) is 0.250. The molecule has 0 spiro atoms. The van der Waals surface area contributed by atoms with Crippen LogP contribution < -0.4 is 4.73 Å². The van der Waals surface area contributed by atoms with Crippen molar-refractivity contribution in [1.29, 1.82) is 0 Å². The molecule has 0 saturated heterocycles. The molecule has 0 unspecified atom stereocenters. The van der Waals surface area contributed by atoms with Gasteiger partial charge >= 0.3 is 0 Å². The van der Waals surface area contributed by atoms with Crippen molar-refractivity contribution < 1.29 is 4.73 Å². The molecule has 0 amide bonds. The second-order valence-corrected chi connectivity index (χ2v) is 7.37. The minimum absolute atomic E-state index is 0.588. The van der Waals surface area contributed by atoms with E-state index in [1.807, 2.05) is 72.3 Å². The topological polar surface area (TPSA) is 44.8 Å². The van der Waals surface area contributed by atoms with Crippen LogP contribution in [-0.4, -0.2) is 9.78 Å². The van der Waals surface area contributed by atoms with Crippen LogP contribution in [0.5, 0.6) is 0 Å². The van der Waals surface area contributed by atoms with Crippen molar-refractivity contribution in [2.45, 2.75) is 12.5 Å². The molecule has 30 heavy (non-hydrogen) atoms. The maximum absolute atomic E-state index is 12.6. The highest BCUT2D eigenvalue weighted by Gasteiger charge is 2.41. The third-order valence-corrected chi connectivity index (χ3v) is 5.65. The minimum Gasteiger partial charge on any atom is -0.618 e. The molecular weight excluding hydrogens is 370 g/mol. The van der Waals surface area contributed by atoms with Gasteiger partial charge in [-0.2, -0.15) is 9.83 Å². The molecule has 3 aromatic carbocycles.